The monoisotopic (exact) mass is 178 g/mol. The van der Waals surface area contributed by atoms with Gasteiger partial charge in [0.15, 0.2) is 0 Å². The Labute approximate surface area is 70.6 Å². The molecule has 2 atom stereocenters. The quantitative estimate of drug-likeness (QED) is 0.607. The molecule has 1 fully saturated rings. The zero-order valence-corrected chi connectivity index (χ0v) is 7.13. The fraction of sp³-hybridized carbons (Fsp3) is 0.857. The van der Waals surface area contributed by atoms with Gasteiger partial charge in [-0.15, -0.1) is 0 Å². The fourth-order valence-electron chi connectivity index (χ4n) is 1.42. The zero-order chi connectivity index (χ0) is 8.27. The second-order valence-electron chi connectivity index (χ2n) is 2.60. The minimum Gasteiger partial charge on any atom is -0.448 e. The number of hydrogen-bond acceptors (Lipinski definition) is 3. The third-order valence-corrected chi connectivity index (χ3v) is 2.03. The normalized spacial score (nSPS) is 30.4. The van der Waals surface area contributed by atoms with E-state index in [1.165, 1.54) is 0 Å². The molecule has 64 valence electrons. The van der Waals surface area contributed by atoms with E-state index in [2.05, 4.69) is 0 Å². The van der Waals surface area contributed by atoms with Crippen LogP contribution in [0.4, 0.5) is 4.79 Å². The summed E-state index contributed by atoms with van der Waals surface area (Å²) in [6, 6.07) is 0. The number of carbonyl (C=O) groups is 1. The molecule has 3 nitrogen and oxygen atoms in total. The largest absolute Gasteiger partial charge is 0.448 e. The van der Waals surface area contributed by atoms with E-state index in [-0.39, 0.29) is 12.2 Å². The summed E-state index contributed by atoms with van der Waals surface area (Å²) in [5, 5.41) is 0. The minimum absolute atomic E-state index is 0.0395. The Bertz CT molecular complexity index is 149. The Morgan fingerprint density at radius 2 is 2.09 bits per heavy atom. The van der Waals surface area contributed by atoms with E-state index in [4.69, 9.17) is 21.1 Å². The van der Waals surface area contributed by atoms with Crippen molar-refractivity contribution in [1.29, 1.82) is 0 Å². The zero-order valence-electron chi connectivity index (χ0n) is 6.38. The summed E-state index contributed by atoms with van der Waals surface area (Å²) >= 11 is 5.06. The second kappa shape index (κ2) is 3.93. The van der Waals surface area contributed by atoms with E-state index in [0.29, 0.717) is 0 Å². The molecule has 1 saturated carbocycles. The predicted octanol–water partition coefficient (Wildman–Crippen LogP) is 1.93. The number of rotatable bonds is 2. The lowest BCUT2D eigenvalue weighted by Gasteiger charge is -2.16. The van der Waals surface area contributed by atoms with Crippen molar-refractivity contribution in [2.45, 2.75) is 31.5 Å². The van der Waals surface area contributed by atoms with E-state index in [0.717, 1.165) is 19.3 Å². The second-order valence-corrected chi connectivity index (χ2v) is 2.91. The minimum atomic E-state index is -0.737. The van der Waals surface area contributed by atoms with Gasteiger partial charge in [0.1, 0.15) is 6.10 Å². The number of carbonyl (C=O) groups excluding carboxylic acids is 1. The predicted molar refractivity (Wildman–Crippen MR) is 40.8 cm³/mol. The van der Waals surface area contributed by atoms with Crippen LogP contribution in [0.5, 0.6) is 0 Å². The van der Waals surface area contributed by atoms with E-state index in [1.54, 1.807) is 7.11 Å². The van der Waals surface area contributed by atoms with Crippen molar-refractivity contribution in [1.82, 2.24) is 0 Å². The van der Waals surface area contributed by atoms with Crippen molar-refractivity contribution in [2.75, 3.05) is 7.11 Å². The van der Waals surface area contributed by atoms with Crippen LogP contribution in [0.25, 0.3) is 0 Å². The highest BCUT2D eigenvalue weighted by molar-refractivity contribution is 6.61. The van der Waals surface area contributed by atoms with Crippen LogP contribution < -0.4 is 0 Å². The molecule has 0 unspecified atom stereocenters. The van der Waals surface area contributed by atoms with Crippen LogP contribution in [0.1, 0.15) is 19.3 Å². The summed E-state index contributed by atoms with van der Waals surface area (Å²) in [6.45, 7) is 0. The van der Waals surface area contributed by atoms with Crippen LogP contribution in [0, 0.1) is 0 Å². The highest BCUT2D eigenvalue weighted by Gasteiger charge is 2.29. The van der Waals surface area contributed by atoms with Crippen LogP contribution >= 0.6 is 11.6 Å². The topological polar surface area (TPSA) is 35.5 Å². The molecule has 0 bridgehead atoms. The summed E-state index contributed by atoms with van der Waals surface area (Å²) in [6.07, 6.45) is 2.75. The lowest BCUT2D eigenvalue weighted by atomic mass is 10.3. The lowest BCUT2D eigenvalue weighted by molar-refractivity contribution is 0.00495. The van der Waals surface area contributed by atoms with Gasteiger partial charge in [-0.25, -0.2) is 4.79 Å². The van der Waals surface area contributed by atoms with Gasteiger partial charge in [0.2, 0.25) is 0 Å². The molecule has 0 saturated heterocycles. The molecule has 0 amide bonds. The summed E-state index contributed by atoms with van der Waals surface area (Å²) < 4.78 is 9.90. The summed E-state index contributed by atoms with van der Waals surface area (Å²) in [4.78, 5) is 10.3. The summed E-state index contributed by atoms with van der Waals surface area (Å²) in [7, 11) is 1.62. The van der Waals surface area contributed by atoms with Gasteiger partial charge in [-0.2, -0.15) is 0 Å². The van der Waals surface area contributed by atoms with Crippen LogP contribution in [-0.4, -0.2) is 24.7 Å². The maximum absolute atomic E-state index is 10.3. The average molecular weight is 179 g/mol. The van der Waals surface area contributed by atoms with Crippen LogP contribution in [-0.2, 0) is 9.47 Å². The third kappa shape index (κ3) is 2.34. The Balaban J connectivity index is 2.37. The van der Waals surface area contributed by atoms with Gasteiger partial charge < -0.3 is 9.47 Å². The molecule has 0 radical (unpaired) electrons. The van der Waals surface area contributed by atoms with Crippen molar-refractivity contribution >= 4 is 17.0 Å². The van der Waals surface area contributed by atoms with Gasteiger partial charge in [0, 0.05) is 18.7 Å². The smallest absolute Gasteiger partial charge is 0.404 e. The van der Waals surface area contributed by atoms with Gasteiger partial charge in [0.25, 0.3) is 0 Å². The maximum atomic E-state index is 10.3. The number of ether oxygens (including phenoxy) is 2. The van der Waals surface area contributed by atoms with Gasteiger partial charge in [-0.05, 0) is 19.3 Å². The van der Waals surface area contributed by atoms with E-state index in [9.17, 15) is 4.79 Å². The molecule has 0 spiro atoms. The molecule has 11 heavy (non-hydrogen) atoms. The van der Waals surface area contributed by atoms with Gasteiger partial charge in [-0.1, -0.05) is 0 Å². The molecule has 0 aromatic carbocycles. The Morgan fingerprint density at radius 3 is 2.64 bits per heavy atom. The van der Waals surface area contributed by atoms with Crippen LogP contribution in [0.3, 0.4) is 0 Å². The number of methoxy groups -OCH3 is 1. The van der Waals surface area contributed by atoms with E-state index in [1.807, 2.05) is 0 Å². The molecule has 4 heteroatoms. The number of hydrogen-bond donors (Lipinski definition) is 0. The molecule has 0 aromatic rings. The van der Waals surface area contributed by atoms with Crippen LogP contribution in [0.2, 0.25) is 0 Å². The molecular formula is C7H11ClO3. The molecule has 0 heterocycles. The molecule has 0 aliphatic heterocycles. The Kier molecular flexibility index (Phi) is 3.15. The van der Waals surface area contributed by atoms with Gasteiger partial charge in [0.05, 0.1) is 6.10 Å². The van der Waals surface area contributed by atoms with Crippen molar-refractivity contribution in [3.63, 3.8) is 0 Å². The van der Waals surface area contributed by atoms with E-state index < -0.39 is 5.43 Å². The Morgan fingerprint density at radius 1 is 1.45 bits per heavy atom. The first kappa shape index (κ1) is 8.81. The lowest BCUT2D eigenvalue weighted by Crippen LogP contribution is -2.25. The van der Waals surface area contributed by atoms with Gasteiger partial charge in [-0.3, -0.25) is 0 Å². The highest BCUT2D eigenvalue weighted by Crippen LogP contribution is 2.24. The highest BCUT2D eigenvalue weighted by atomic mass is 35.5. The Hall–Kier alpha value is -0.280. The molecular weight excluding hydrogens is 168 g/mol. The molecule has 1 aliphatic carbocycles. The van der Waals surface area contributed by atoms with Crippen molar-refractivity contribution < 1.29 is 14.3 Å². The molecule has 0 N–H and O–H groups in total. The van der Waals surface area contributed by atoms with Crippen molar-refractivity contribution in [3.8, 4) is 0 Å². The third-order valence-electron chi connectivity index (χ3n) is 1.94. The van der Waals surface area contributed by atoms with Crippen molar-refractivity contribution in [3.05, 3.63) is 0 Å². The average Bonchev–Trinajstić information content (AvgIpc) is 2.34. The van der Waals surface area contributed by atoms with Crippen LogP contribution in [0.15, 0.2) is 0 Å². The molecule has 1 rings (SSSR count). The van der Waals surface area contributed by atoms with E-state index >= 15 is 0 Å². The number of halogens is 1. The van der Waals surface area contributed by atoms with Crippen molar-refractivity contribution in [2.24, 2.45) is 0 Å². The summed E-state index contributed by atoms with van der Waals surface area (Å²) in [5.41, 5.74) is -0.737. The summed E-state index contributed by atoms with van der Waals surface area (Å²) in [5.74, 6) is 0. The first-order valence-electron chi connectivity index (χ1n) is 3.63. The molecule has 0 aromatic heterocycles. The first-order valence-corrected chi connectivity index (χ1v) is 4.00. The maximum Gasteiger partial charge on any atom is 0.404 e. The van der Waals surface area contributed by atoms with Gasteiger partial charge >= 0.3 is 5.43 Å². The first-order chi connectivity index (χ1) is 5.24. The SMILES string of the molecule is CO[C@H]1CCC[C@H]1OC(=O)Cl. The fourth-order valence-corrected chi connectivity index (χ4v) is 1.53. The standard InChI is InChI=1S/C7H11ClO3/c1-10-5-3-2-4-6(5)11-7(8)9/h5-6H,2-4H2,1H3/t5-,6+/m0/s1. The molecule has 1 aliphatic rings.